The zero-order chi connectivity index (χ0) is 32.8. The number of hydrogen-bond acceptors (Lipinski definition) is 11. The Bertz CT molecular complexity index is 780. The van der Waals surface area contributed by atoms with Crippen LogP contribution in [-0.2, 0) is 18.9 Å². The minimum Gasteiger partial charge on any atom is -0.444 e. The average molecular weight is 624 g/mol. The molecule has 12 nitrogen and oxygen atoms in total. The third kappa shape index (κ3) is 22.1. The number of piperidine rings is 1. The molecule has 0 spiro atoms. The number of carbonyl (C=O) groups excluding carboxylic acids is 3. The van der Waals surface area contributed by atoms with Gasteiger partial charge in [-0.15, -0.1) is 0 Å². The largest absolute Gasteiger partial charge is 0.519 e. The van der Waals surface area contributed by atoms with Crippen molar-refractivity contribution in [2.24, 2.45) is 0 Å². The Kier molecular flexibility index (Phi) is 18.6. The van der Waals surface area contributed by atoms with Crippen molar-refractivity contribution < 1.29 is 53.8 Å². The molecule has 43 heavy (non-hydrogen) atoms. The fourth-order valence-corrected chi connectivity index (χ4v) is 4.17. The van der Waals surface area contributed by atoms with Gasteiger partial charge in [-0.1, -0.05) is 26.7 Å². The average Bonchev–Trinajstić information content (AvgIpc) is 2.77. The molecular weight excluding hydrogens is 562 g/mol. The molecule has 0 radical (unpaired) electrons. The molecule has 1 amide bonds. The second-order valence-electron chi connectivity index (χ2n) is 14.0. The summed E-state index contributed by atoms with van der Waals surface area (Å²) in [6.07, 6.45) is 4.72. The molecule has 0 aromatic heterocycles. The molecule has 0 unspecified atom stereocenters. The van der Waals surface area contributed by atoms with E-state index in [1.165, 1.54) is 6.42 Å². The van der Waals surface area contributed by atoms with Gasteiger partial charge in [0.1, 0.15) is 16.8 Å². The highest BCUT2D eigenvalue weighted by molar-refractivity contribution is 5.77. The topological polar surface area (TPSA) is 172 Å². The van der Waals surface area contributed by atoms with Gasteiger partial charge in [-0.2, -0.15) is 0 Å². The number of carbonyl (C=O) groups is 3. The molecule has 0 atom stereocenters. The number of hydrogen-bond donors (Lipinski definition) is 4. The molecular formula is C31H61NO11. The highest BCUT2D eigenvalue weighted by Gasteiger charge is 2.35. The molecule has 1 aliphatic carbocycles. The van der Waals surface area contributed by atoms with Crippen molar-refractivity contribution in [3.63, 3.8) is 0 Å². The predicted molar refractivity (Wildman–Crippen MR) is 164 cm³/mol. The maximum Gasteiger partial charge on any atom is 0.519 e. The van der Waals surface area contributed by atoms with E-state index in [9.17, 15) is 24.6 Å². The summed E-state index contributed by atoms with van der Waals surface area (Å²) in [7, 11) is 0. The summed E-state index contributed by atoms with van der Waals surface area (Å²) >= 11 is 0. The van der Waals surface area contributed by atoms with Crippen LogP contribution in [0.3, 0.4) is 0 Å². The van der Waals surface area contributed by atoms with E-state index in [4.69, 9.17) is 24.4 Å². The van der Waals surface area contributed by atoms with Crippen LogP contribution in [-0.4, -0.2) is 98.0 Å². The summed E-state index contributed by atoms with van der Waals surface area (Å²) < 4.78 is 19.1. The summed E-state index contributed by atoms with van der Waals surface area (Å²) in [5.41, 5.74) is -3.23. The first-order valence-electron chi connectivity index (χ1n) is 14.8. The van der Waals surface area contributed by atoms with Crippen molar-refractivity contribution in [2.45, 2.75) is 156 Å². The monoisotopic (exact) mass is 623 g/mol. The lowest BCUT2D eigenvalue weighted by Crippen LogP contribution is -2.48. The van der Waals surface area contributed by atoms with Gasteiger partial charge in [-0.05, 0) is 101 Å². The number of aliphatic hydroxyl groups is 4. The number of rotatable bonds is 4. The Hall–Kier alpha value is -2.15. The summed E-state index contributed by atoms with van der Waals surface area (Å²) in [4.78, 5) is 35.4. The van der Waals surface area contributed by atoms with Gasteiger partial charge < -0.3 is 44.3 Å². The first-order valence-corrected chi connectivity index (χ1v) is 14.8. The Labute approximate surface area is 259 Å². The summed E-state index contributed by atoms with van der Waals surface area (Å²) in [6, 6.07) is 0. The van der Waals surface area contributed by atoms with Gasteiger partial charge in [0.15, 0.2) is 0 Å². The standard InChI is InChI=1S/C12H23NO4.C10H18O5.C8H16O2.CH4/c1-11(2,3)17-10(15)13-7-4-12(16,5-8-13)6-9-14;1-9(2,3)14-7(11)13-8(12)15-10(4,5)6;9-7-6-8(10)4-2-1-3-5-8;/h14,16H,4-9H2,1-3H3;1-6H3;9-10H,1-7H2;1H4. The highest BCUT2D eigenvalue weighted by atomic mass is 16.8. The molecule has 0 aromatic carbocycles. The molecule has 2 fully saturated rings. The number of ether oxygens (including phenoxy) is 4. The van der Waals surface area contributed by atoms with Crippen LogP contribution in [0.15, 0.2) is 0 Å². The Morgan fingerprint density at radius 2 is 0.977 bits per heavy atom. The molecule has 2 rings (SSSR count). The fraction of sp³-hybridized carbons (Fsp3) is 0.903. The van der Waals surface area contributed by atoms with E-state index in [1.54, 1.807) is 46.4 Å². The quantitative estimate of drug-likeness (QED) is 0.172. The predicted octanol–water partition coefficient (Wildman–Crippen LogP) is 5.70. The highest BCUT2D eigenvalue weighted by Crippen LogP contribution is 2.30. The van der Waals surface area contributed by atoms with Crippen LogP contribution in [0, 0.1) is 0 Å². The number of likely N-dealkylation sites (tertiary alicyclic amines) is 1. The van der Waals surface area contributed by atoms with Gasteiger partial charge in [0, 0.05) is 26.3 Å². The smallest absolute Gasteiger partial charge is 0.444 e. The Morgan fingerprint density at radius 1 is 0.628 bits per heavy atom. The molecule has 1 heterocycles. The minimum absolute atomic E-state index is 0. The molecule has 256 valence electrons. The molecule has 1 saturated heterocycles. The lowest BCUT2D eigenvalue weighted by Gasteiger charge is -2.38. The first-order chi connectivity index (χ1) is 19.0. The van der Waals surface area contributed by atoms with Gasteiger partial charge in [0.05, 0.1) is 11.2 Å². The van der Waals surface area contributed by atoms with Crippen molar-refractivity contribution in [1.82, 2.24) is 4.90 Å². The van der Waals surface area contributed by atoms with Crippen LogP contribution in [0.5, 0.6) is 0 Å². The van der Waals surface area contributed by atoms with Gasteiger partial charge in [0.2, 0.25) is 0 Å². The minimum atomic E-state index is -1.06. The van der Waals surface area contributed by atoms with Crippen molar-refractivity contribution in [3.8, 4) is 0 Å². The van der Waals surface area contributed by atoms with Crippen LogP contribution in [0.4, 0.5) is 14.4 Å². The van der Waals surface area contributed by atoms with E-state index in [0.717, 1.165) is 25.7 Å². The summed E-state index contributed by atoms with van der Waals surface area (Å²) in [5.74, 6) is 0. The van der Waals surface area contributed by atoms with Crippen LogP contribution in [0.2, 0.25) is 0 Å². The van der Waals surface area contributed by atoms with Crippen LogP contribution in [0.25, 0.3) is 0 Å². The number of nitrogens with zero attached hydrogens (tertiary/aromatic N) is 1. The molecule has 1 aliphatic heterocycles. The summed E-state index contributed by atoms with van der Waals surface area (Å²) in [5, 5.41) is 37.2. The van der Waals surface area contributed by atoms with E-state index in [-0.39, 0.29) is 26.7 Å². The molecule has 0 aromatic rings. The van der Waals surface area contributed by atoms with Crippen molar-refractivity contribution in [2.75, 3.05) is 26.3 Å². The Morgan fingerprint density at radius 3 is 1.30 bits per heavy atom. The zero-order valence-electron chi connectivity index (χ0n) is 27.3. The second-order valence-corrected chi connectivity index (χ2v) is 14.0. The van der Waals surface area contributed by atoms with Crippen molar-refractivity contribution in [1.29, 1.82) is 0 Å². The maximum atomic E-state index is 11.8. The second kappa shape index (κ2) is 18.6. The van der Waals surface area contributed by atoms with Crippen molar-refractivity contribution in [3.05, 3.63) is 0 Å². The van der Waals surface area contributed by atoms with Crippen LogP contribution >= 0.6 is 0 Å². The lowest BCUT2D eigenvalue weighted by atomic mass is 9.83. The number of amides is 1. The van der Waals surface area contributed by atoms with Gasteiger partial charge in [-0.25, -0.2) is 14.4 Å². The van der Waals surface area contributed by atoms with Crippen molar-refractivity contribution >= 4 is 18.4 Å². The van der Waals surface area contributed by atoms with Gasteiger partial charge in [-0.3, -0.25) is 0 Å². The van der Waals surface area contributed by atoms with E-state index in [0.29, 0.717) is 38.8 Å². The van der Waals surface area contributed by atoms with E-state index >= 15 is 0 Å². The third-order valence-electron chi connectivity index (χ3n) is 6.23. The zero-order valence-corrected chi connectivity index (χ0v) is 27.3. The van der Waals surface area contributed by atoms with E-state index in [2.05, 4.69) is 4.74 Å². The normalized spacial score (nSPS) is 17.8. The third-order valence-corrected chi connectivity index (χ3v) is 6.23. The maximum absolute atomic E-state index is 11.8. The lowest BCUT2D eigenvalue weighted by molar-refractivity contribution is -0.0438. The molecule has 12 heteroatoms. The molecule has 0 bridgehead atoms. The molecule has 4 N–H and O–H groups in total. The number of aliphatic hydroxyl groups excluding tert-OH is 2. The molecule has 1 saturated carbocycles. The summed E-state index contributed by atoms with van der Waals surface area (Å²) in [6.45, 7) is 16.6. The van der Waals surface area contributed by atoms with E-state index in [1.807, 2.05) is 20.8 Å². The SMILES string of the molecule is C.CC(C)(C)OC(=O)N1CCC(O)(CCO)CC1.CC(C)(C)OC(=O)OC(=O)OC(C)(C)C.OCCC1(O)CCCCC1. The Balaban J connectivity index is 0. The molecule has 2 aliphatic rings. The van der Waals surface area contributed by atoms with Gasteiger partial charge in [0.25, 0.3) is 0 Å². The van der Waals surface area contributed by atoms with Crippen LogP contribution in [0.1, 0.15) is 128 Å². The fourth-order valence-electron chi connectivity index (χ4n) is 4.17. The van der Waals surface area contributed by atoms with Gasteiger partial charge >= 0.3 is 18.4 Å². The first kappa shape index (κ1) is 43.0. The van der Waals surface area contributed by atoms with Crippen LogP contribution < -0.4 is 0 Å². The van der Waals surface area contributed by atoms with E-state index < -0.39 is 40.3 Å².